The van der Waals surface area contributed by atoms with Gasteiger partial charge >= 0.3 is 11.9 Å². The molecule has 2 heterocycles. The molecule has 0 radical (unpaired) electrons. The zero-order chi connectivity index (χ0) is 36.1. The van der Waals surface area contributed by atoms with Gasteiger partial charge in [0.15, 0.2) is 5.75 Å². The highest BCUT2D eigenvalue weighted by Gasteiger charge is 2.25. The van der Waals surface area contributed by atoms with Crippen LogP contribution in [0.2, 0.25) is 0 Å². The van der Waals surface area contributed by atoms with Crippen LogP contribution in [0.5, 0.6) is 5.75 Å². The molecule has 1 aromatic carbocycles. The van der Waals surface area contributed by atoms with Gasteiger partial charge in [-0.15, -0.1) is 0 Å². The van der Waals surface area contributed by atoms with Gasteiger partial charge in [0.25, 0.3) is 23.6 Å². The van der Waals surface area contributed by atoms with Crippen molar-refractivity contribution < 1.29 is 52.5 Å². The summed E-state index contributed by atoms with van der Waals surface area (Å²) in [4.78, 5) is 86.7. The Bertz CT molecular complexity index is 1440. The second-order valence-corrected chi connectivity index (χ2v) is 12.9. The van der Waals surface area contributed by atoms with E-state index in [4.69, 9.17) is 18.9 Å². The molecule has 0 fully saturated rings. The molecule has 14 heteroatoms. The molecule has 49 heavy (non-hydrogen) atoms. The van der Waals surface area contributed by atoms with Gasteiger partial charge in [0.2, 0.25) is 5.91 Å². The molecule has 0 saturated heterocycles. The Kier molecular flexibility index (Phi) is 14.4. The molecule has 2 aliphatic rings. The summed E-state index contributed by atoms with van der Waals surface area (Å²) in [5.41, 5.74) is 0.525. The lowest BCUT2D eigenvalue weighted by molar-refractivity contribution is -0.160. The van der Waals surface area contributed by atoms with Gasteiger partial charge in [0, 0.05) is 24.3 Å². The molecular weight excluding hydrogens is 638 g/mol. The molecular formula is C35H45N3O11. The number of imide groups is 2. The monoisotopic (exact) mass is 683 g/mol. The van der Waals surface area contributed by atoms with E-state index in [1.807, 2.05) is 34.6 Å². The lowest BCUT2D eigenvalue weighted by atomic mass is 9.91. The molecule has 0 bridgehead atoms. The van der Waals surface area contributed by atoms with Gasteiger partial charge in [-0.05, 0) is 57.2 Å². The molecule has 5 amide bonds. The van der Waals surface area contributed by atoms with E-state index >= 15 is 0 Å². The average Bonchev–Trinajstić information content (AvgIpc) is 3.51. The number of amides is 5. The molecule has 2 atom stereocenters. The van der Waals surface area contributed by atoms with Gasteiger partial charge in [-0.2, -0.15) is 0 Å². The van der Waals surface area contributed by atoms with Crippen molar-refractivity contribution in [3.8, 4) is 5.75 Å². The lowest BCUT2D eigenvalue weighted by Crippen LogP contribution is -2.33. The van der Waals surface area contributed by atoms with Crippen LogP contribution in [0.1, 0.15) is 59.4 Å². The fraction of sp³-hybridized carbons (Fsp3) is 0.514. The minimum atomic E-state index is -0.623. The van der Waals surface area contributed by atoms with Crippen molar-refractivity contribution in [1.29, 1.82) is 0 Å². The smallest absolute Gasteiger partial charge is 0.313 e. The van der Waals surface area contributed by atoms with E-state index in [0.717, 1.165) is 15.4 Å². The van der Waals surface area contributed by atoms with E-state index in [0.29, 0.717) is 12.8 Å². The van der Waals surface area contributed by atoms with E-state index in [9.17, 15) is 33.6 Å². The van der Waals surface area contributed by atoms with Crippen molar-refractivity contribution in [2.24, 2.45) is 11.8 Å². The number of ether oxygens (including phenoxy) is 4. The van der Waals surface area contributed by atoms with E-state index in [1.165, 1.54) is 24.3 Å². The predicted octanol–water partition coefficient (Wildman–Crippen LogP) is 2.74. The Balaban J connectivity index is 1.56. The Hall–Kier alpha value is -4.69. The predicted molar refractivity (Wildman–Crippen MR) is 176 cm³/mol. The third kappa shape index (κ3) is 13.0. The van der Waals surface area contributed by atoms with Gasteiger partial charge in [-0.25, -0.2) is 0 Å². The van der Waals surface area contributed by atoms with Crippen molar-refractivity contribution in [3.63, 3.8) is 0 Å². The van der Waals surface area contributed by atoms with Crippen LogP contribution in [0.4, 0.5) is 5.69 Å². The lowest BCUT2D eigenvalue weighted by Gasteiger charge is -2.23. The number of carbonyl (C=O) groups excluding carboxylic acids is 7. The van der Waals surface area contributed by atoms with Gasteiger partial charge in [0.1, 0.15) is 5.60 Å². The minimum absolute atomic E-state index is 0.0162. The summed E-state index contributed by atoms with van der Waals surface area (Å²) in [6.45, 7) is 9.54. The van der Waals surface area contributed by atoms with E-state index in [2.05, 4.69) is 5.32 Å². The first-order valence-electron chi connectivity index (χ1n) is 16.2. The van der Waals surface area contributed by atoms with Crippen LogP contribution in [0.15, 0.2) is 42.5 Å². The second kappa shape index (κ2) is 18.2. The summed E-state index contributed by atoms with van der Waals surface area (Å²) in [7, 11) is 0. The first-order valence-corrected chi connectivity index (χ1v) is 16.2. The van der Waals surface area contributed by atoms with E-state index in [1.54, 1.807) is 18.2 Å². The molecule has 0 aromatic heterocycles. The van der Waals surface area contributed by atoms with Crippen LogP contribution < -0.4 is 10.1 Å². The second-order valence-electron chi connectivity index (χ2n) is 12.9. The Morgan fingerprint density at radius 2 is 1.31 bits per heavy atom. The zero-order valence-electron chi connectivity index (χ0n) is 28.7. The number of hydrogen-bond donors (Lipinski definition) is 1. The summed E-state index contributed by atoms with van der Waals surface area (Å²) in [6, 6.07) is 5.07. The minimum Gasteiger partial charge on any atom is -0.460 e. The normalized spacial score (nSPS) is 15.6. The fourth-order valence-corrected chi connectivity index (χ4v) is 5.00. The van der Waals surface area contributed by atoms with Crippen molar-refractivity contribution >= 4 is 47.2 Å². The molecule has 1 N–H and O–H groups in total. The Morgan fingerprint density at radius 3 is 1.84 bits per heavy atom. The highest BCUT2D eigenvalue weighted by Crippen LogP contribution is 2.29. The molecule has 266 valence electrons. The molecule has 0 aliphatic carbocycles. The molecule has 0 spiro atoms. The van der Waals surface area contributed by atoms with E-state index < -0.39 is 41.1 Å². The van der Waals surface area contributed by atoms with E-state index in [-0.39, 0.29) is 81.6 Å². The van der Waals surface area contributed by atoms with Gasteiger partial charge in [-0.1, -0.05) is 19.9 Å². The number of hydrogen-bond acceptors (Lipinski definition) is 11. The maximum Gasteiger partial charge on any atom is 0.313 e. The first kappa shape index (κ1) is 38.8. The van der Waals surface area contributed by atoms with Crippen molar-refractivity contribution in [1.82, 2.24) is 9.80 Å². The summed E-state index contributed by atoms with van der Waals surface area (Å²) in [5.74, 6) is -3.10. The number of rotatable bonds is 19. The number of anilines is 1. The SMILES string of the molecule is CC(C[C@@H](C)Cc1ccc(OC(=O)CCOCCN2C(=O)C=CC2=O)c(NC(=O)CCOCCN2C(=O)C=CC2=O)c1)C(=O)OC(C)(C)C. The number of esters is 2. The number of nitrogens with one attached hydrogen (secondary N) is 1. The van der Waals surface area contributed by atoms with Crippen LogP contribution in [-0.2, 0) is 54.2 Å². The maximum absolute atomic E-state index is 12.9. The molecule has 14 nitrogen and oxygen atoms in total. The summed E-state index contributed by atoms with van der Waals surface area (Å²) >= 11 is 0. The highest BCUT2D eigenvalue weighted by atomic mass is 16.6. The summed E-state index contributed by atoms with van der Waals surface area (Å²) in [6.07, 6.45) is 5.70. The maximum atomic E-state index is 12.9. The molecule has 1 aromatic rings. The number of benzene rings is 1. The third-order valence-electron chi connectivity index (χ3n) is 7.33. The van der Waals surface area contributed by atoms with Gasteiger partial charge in [0.05, 0.1) is 64.0 Å². The zero-order valence-corrected chi connectivity index (χ0v) is 28.7. The average molecular weight is 684 g/mol. The van der Waals surface area contributed by atoms with Crippen LogP contribution in [-0.4, -0.2) is 96.4 Å². The van der Waals surface area contributed by atoms with Crippen LogP contribution in [0.3, 0.4) is 0 Å². The quantitative estimate of drug-likeness (QED) is 0.0983. The third-order valence-corrected chi connectivity index (χ3v) is 7.33. The number of nitrogens with zero attached hydrogens (tertiary/aromatic N) is 2. The Morgan fingerprint density at radius 1 is 0.776 bits per heavy atom. The molecule has 0 saturated carbocycles. The highest BCUT2D eigenvalue weighted by molar-refractivity contribution is 6.13. The fourth-order valence-electron chi connectivity index (χ4n) is 5.00. The first-order chi connectivity index (χ1) is 23.1. The number of carbonyl (C=O) groups is 7. The summed E-state index contributed by atoms with van der Waals surface area (Å²) in [5, 5.41) is 2.77. The van der Waals surface area contributed by atoms with Crippen LogP contribution in [0, 0.1) is 11.8 Å². The van der Waals surface area contributed by atoms with Crippen molar-refractivity contribution in [2.75, 3.05) is 44.8 Å². The summed E-state index contributed by atoms with van der Waals surface area (Å²) < 4.78 is 21.9. The molecule has 3 rings (SSSR count). The Labute approximate surface area is 285 Å². The molecule has 1 unspecified atom stereocenters. The van der Waals surface area contributed by atoms with Crippen LogP contribution >= 0.6 is 0 Å². The molecule has 2 aliphatic heterocycles. The van der Waals surface area contributed by atoms with Gasteiger partial charge < -0.3 is 24.3 Å². The van der Waals surface area contributed by atoms with Crippen molar-refractivity contribution in [2.45, 2.75) is 65.9 Å². The standard InChI is InChI=1S/C35H45N3O11/c1-23(20-24(2)34(45)49-35(3,4)5)21-25-6-7-27(48-33(44)13-17-47-19-15-38-31(42)10-11-32(38)43)26(22-25)36-28(39)12-16-46-18-14-37-29(40)8-9-30(37)41/h6-11,22-24H,12-21H2,1-5H3,(H,36,39)/t23-,24?/m1/s1. The van der Waals surface area contributed by atoms with Crippen LogP contribution in [0.25, 0.3) is 0 Å². The largest absolute Gasteiger partial charge is 0.460 e. The topological polar surface area (TPSA) is 175 Å². The van der Waals surface area contributed by atoms with Crippen molar-refractivity contribution in [3.05, 3.63) is 48.1 Å². The van der Waals surface area contributed by atoms with Gasteiger partial charge in [-0.3, -0.25) is 43.4 Å².